The second-order valence-electron chi connectivity index (χ2n) is 6.08. The highest BCUT2D eigenvalue weighted by atomic mass is 19.1. The number of ether oxygens (including phenoxy) is 1. The van der Waals surface area contributed by atoms with Crippen LogP contribution in [0.2, 0.25) is 0 Å². The maximum absolute atomic E-state index is 14.0. The van der Waals surface area contributed by atoms with E-state index in [1.165, 1.54) is 0 Å². The molecule has 120 valence electrons. The normalized spacial score (nSPS) is 29.4. The van der Waals surface area contributed by atoms with Gasteiger partial charge in [0.05, 0.1) is 12.8 Å². The molecule has 5 heteroatoms. The Morgan fingerprint density at radius 2 is 2.14 bits per heavy atom. The minimum Gasteiger partial charge on any atom is -0.443 e. The summed E-state index contributed by atoms with van der Waals surface area (Å²) in [5.41, 5.74) is -0.394. The molecule has 0 N–H and O–H groups in total. The lowest BCUT2D eigenvalue weighted by Gasteiger charge is -2.43. The monoisotopic (exact) mass is 309 g/mol. The Kier molecular flexibility index (Phi) is 4.66. The fourth-order valence-electron chi connectivity index (χ4n) is 2.64. The van der Waals surface area contributed by atoms with Gasteiger partial charge in [-0.15, -0.1) is 0 Å². The van der Waals surface area contributed by atoms with Crippen LogP contribution in [0.15, 0.2) is 47.1 Å². The van der Waals surface area contributed by atoms with Crippen molar-refractivity contribution >= 4 is 0 Å². The summed E-state index contributed by atoms with van der Waals surface area (Å²) in [6.45, 7) is 12.8. The van der Waals surface area contributed by atoms with Crippen LogP contribution in [0.5, 0.6) is 0 Å². The molecule has 3 atom stereocenters. The van der Waals surface area contributed by atoms with Crippen molar-refractivity contribution in [1.29, 1.82) is 0 Å². The molecule has 1 saturated heterocycles. The summed E-state index contributed by atoms with van der Waals surface area (Å²) in [5.74, 6) is -0.210. The molecule has 2 heterocycles. The van der Waals surface area contributed by atoms with Gasteiger partial charge in [0.2, 0.25) is 5.89 Å². The molecule has 2 rings (SSSR count). The average Bonchev–Trinajstić information content (AvgIpc) is 2.87. The summed E-state index contributed by atoms with van der Waals surface area (Å²) in [4.78, 5) is 4.18. The van der Waals surface area contributed by atoms with Gasteiger partial charge in [0.25, 0.3) is 0 Å². The molecule has 1 aliphatic heterocycles. The van der Waals surface area contributed by atoms with Gasteiger partial charge < -0.3 is 9.15 Å². The number of nitrogens with zero attached hydrogens (tertiary/aromatic N) is 1. The molecule has 0 spiro atoms. The van der Waals surface area contributed by atoms with Crippen LogP contribution in [0.3, 0.4) is 0 Å². The first kappa shape index (κ1) is 16.6. The van der Waals surface area contributed by atoms with Crippen LogP contribution in [0, 0.1) is 18.3 Å². The molecular formula is C17H21F2NO2. The Hall–Kier alpha value is -1.75. The van der Waals surface area contributed by atoms with Gasteiger partial charge in [0.1, 0.15) is 23.5 Å². The number of hydrogen-bond donors (Lipinski definition) is 0. The minimum absolute atomic E-state index is 0.0676. The molecule has 1 aromatic heterocycles. The fraction of sp³-hybridized carbons (Fsp3) is 0.471. The van der Waals surface area contributed by atoms with Crippen molar-refractivity contribution in [3.05, 3.63) is 54.3 Å². The Morgan fingerprint density at radius 3 is 2.64 bits per heavy atom. The molecule has 0 aliphatic carbocycles. The van der Waals surface area contributed by atoms with Gasteiger partial charge in [-0.2, -0.15) is 0 Å². The average molecular weight is 309 g/mol. The highest BCUT2D eigenvalue weighted by Gasteiger charge is 2.43. The molecular weight excluding hydrogens is 288 g/mol. The standard InChI is InChI=1S/C17H21F2NO2/c1-10-6-15(16-20-8-12(3)22-16)21-9-17(10,5)13(4)14(19)7-11(2)18/h7-8,10,15H,2,4,6,9H2,1,3,5H3. The molecule has 1 aliphatic rings. The minimum atomic E-state index is -0.834. The first-order chi connectivity index (χ1) is 10.2. The van der Waals surface area contributed by atoms with Gasteiger partial charge in [-0.1, -0.05) is 27.0 Å². The molecule has 0 saturated carbocycles. The number of hydrogen-bond acceptors (Lipinski definition) is 3. The van der Waals surface area contributed by atoms with Crippen molar-refractivity contribution in [3.8, 4) is 0 Å². The van der Waals surface area contributed by atoms with E-state index in [0.717, 1.165) is 11.8 Å². The van der Waals surface area contributed by atoms with Crippen LogP contribution in [-0.2, 0) is 4.74 Å². The predicted molar refractivity (Wildman–Crippen MR) is 80.4 cm³/mol. The molecule has 1 fully saturated rings. The second kappa shape index (κ2) is 6.16. The van der Waals surface area contributed by atoms with E-state index in [-0.39, 0.29) is 24.2 Å². The third-order valence-electron chi connectivity index (χ3n) is 4.42. The summed E-state index contributed by atoms with van der Waals surface area (Å²) >= 11 is 0. The number of aryl methyl sites for hydroxylation is 1. The highest BCUT2D eigenvalue weighted by molar-refractivity contribution is 5.33. The van der Waals surface area contributed by atoms with Crippen LogP contribution in [0.1, 0.15) is 38.0 Å². The van der Waals surface area contributed by atoms with Crippen LogP contribution in [0.4, 0.5) is 8.78 Å². The number of rotatable bonds is 4. The summed E-state index contributed by atoms with van der Waals surface area (Å²) in [6.07, 6.45) is 2.77. The van der Waals surface area contributed by atoms with Gasteiger partial charge in [-0.05, 0) is 24.8 Å². The van der Waals surface area contributed by atoms with E-state index < -0.39 is 17.1 Å². The van der Waals surface area contributed by atoms with Gasteiger partial charge in [-0.3, -0.25) is 0 Å². The zero-order valence-corrected chi connectivity index (χ0v) is 13.2. The van der Waals surface area contributed by atoms with Crippen molar-refractivity contribution in [3.63, 3.8) is 0 Å². The van der Waals surface area contributed by atoms with E-state index in [0.29, 0.717) is 12.3 Å². The molecule has 3 nitrogen and oxygen atoms in total. The van der Waals surface area contributed by atoms with E-state index >= 15 is 0 Å². The molecule has 22 heavy (non-hydrogen) atoms. The van der Waals surface area contributed by atoms with Crippen LogP contribution in [-0.4, -0.2) is 11.6 Å². The van der Waals surface area contributed by atoms with Crippen LogP contribution < -0.4 is 0 Å². The maximum Gasteiger partial charge on any atom is 0.223 e. The SMILES string of the molecule is C=C(F)C=C(F)C(=C)C1(C)COC(c2ncc(C)o2)CC1C. The van der Waals surface area contributed by atoms with E-state index in [4.69, 9.17) is 9.15 Å². The van der Waals surface area contributed by atoms with Crippen molar-refractivity contribution in [2.24, 2.45) is 11.3 Å². The largest absolute Gasteiger partial charge is 0.443 e. The smallest absolute Gasteiger partial charge is 0.223 e. The molecule has 0 amide bonds. The van der Waals surface area contributed by atoms with Crippen molar-refractivity contribution < 1.29 is 17.9 Å². The third kappa shape index (κ3) is 3.19. The summed E-state index contributed by atoms with van der Waals surface area (Å²) in [5, 5.41) is 0. The lowest BCUT2D eigenvalue weighted by molar-refractivity contribution is -0.0833. The molecule has 3 unspecified atom stereocenters. The van der Waals surface area contributed by atoms with E-state index in [9.17, 15) is 8.78 Å². The van der Waals surface area contributed by atoms with Crippen molar-refractivity contribution in [1.82, 2.24) is 4.98 Å². The Labute approximate surface area is 129 Å². The van der Waals surface area contributed by atoms with Gasteiger partial charge >= 0.3 is 0 Å². The van der Waals surface area contributed by atoms with Gasteiger partial charge in [0.15, 0.2) is 0 Å². The first-order valence-corrected chi connectivity index (χ1v) is 7.19. The number of oxazole rings is 1. The van der Waals surface area contributed by atoms with E-state index in [2.05, 4.69) is 18.1 Å². The van der Waals surface area contributed by atoms with Gasteiger partial charge in [-0.25, -0.2) is 13.8 Å². The van der Waals surface area contributed by atoms with E-state index in [1.807, 2.05) is 20.8 Å². The fourth-order valence-corrected chi connectivity index (χ4v) is 2.64. The third-order valence-corrected chi connectivity index (χ3v) is 4.42. The van der Waals surface area contributed by atoms with Crippen molar-refractivity contribution in [2.75, 3.05) is 6.61 Å². The summed E-state index contributed by atoms with van der Waals surface area (Å²) in [7, 11) is 0. The zero-order chi connectivity index (χ0) is 16.5. The topological polar surface area (TPSA) is 35.3 Å². The number of halogens is 2. The molecule has 0 bridgehead atoms. The number of aromatic nitrogens is 1. The Balaban J connectivity index is 2.15. The Morgan fingerprint density at radius 1 is 1.45 bits per heavy atom. The maximum atomic E-state index is 14.0. The molecule has 1 aromatic rings. The lowest BCUT2D eigenvalue weighted by atomic mass is 9.69. The predicted octanol–water partition coefficient (Wildman–Crippen LogP) is 4.98. The lowest BCUT2D eigenvalue weighted by Crippen LogP contribution is -2.39. The molecule has 0 radical (unpaired) electrons. The zero-order valence-electron chi connectivity index (χ0n) is 13.2. The summed E-state index contributed by atoms with van der Waals surface area (Å²) < 4.78 is 38.1. The first-order valence-electron chi connectivity index (χ1n) is 7.19. The van der Waals surface area contributed by atoms with Crippen LogP contribution in [0.25, 0.3) is 0 Å². The Bertz CT molecular complexity index is 620. The number of allylic oxidation sites excluding steroid dienone is 3. The summed E-state index contributed by atoms with van der Waals surface area (Å²) in [6, 6.07) is 0. The quantitative estimate of drug-likeness (QED) is 0.736. The highest BCUT2D eigenvalue weighted by Crippen LogP contribution is 2.47. The second-order valence-corrected chi connectivity index (χ2v) is 6.08. The van der Waals surface area contributed by atoms with Crippen molar-refractivity contribution in [2.45, 2.75) is 33.3 Å². The van der Waals surface area contributed by atoms with E-state index in [1.54, 1.807) is 6.20 Å². The van der Waals surface area contributed by atoms with Crippen LogP contribution >= 0.6 is 0 Å². The van der Waals surface area contributed by atoms with Gasteiger partial charge in [0, 0.05) is 11.5 Å². The molecule has 0 aromatic carbocycles.